The second-order valence-electron chi connectivity index (χ2n) is 37.7. The van der Waals surface area contributed by atoms with E-state index in [0.29, 0.717) is 0 Å². The van der Waals surface area contributed by atoms with E-state index in [1.165, 1.54) is 279 Å². The van der Waals surface area contributed by atoms with Crippen LogP contribution < -0.4 is 0 Å². The molecule has 0 saturated carbocycles. The summed E-state index contributed by atoms with van der Waals surface area (Å²) in [6.07, 6.45) is 3.78. The molecule has 0 aliphatic rings. The van der Waals surface area contributed by atoms with Crippen molar-refractivity contribution in [2.75, 3.05) is 0 Å². The molecule has 0 radical (unpaired) electrons. The third-order valence-corrected chi connectivity index (χ3v) is 30.0. The number of H-pyrrole nitrogens is 3. The van der Waals surface area contributed by atoms with Crippen molar-refractivity contribution >= 4 is 206 Å². The number of nitrogens with zero attached hydrogens (tertiary/aromatic N) is 4. The van der Waals surface area contributed by atoms with Crippen molar-refractivity contribution in [1.29, 1.82) is 0 Å². The highest BCUT2D eigenvalue weighted by Crippen LogP contribution is 2.51. The van der Waals surface area contributed by atoms with Crippen molar-refractivity contribution in [3.63, 3.8) is 0 Å². The lowest BCUT2D eigenvalue weighted by molar-refractivity contribution is 1.15. The summed E-state index contributed by atoms with van der Waals surface area (Å²) in [5.74, 6) is 0. The van der Waals surface area contributed by atoms with E-state index in [-0.39, 0.29) is 0 Å². The fraction of sp³-hybridized carbons (Fsp3) is 0. The fourth-order valence-electron chi connectivity index (χ4n) is 23.6. The molecule has 660 valence electrons. The van der Waals surface area contributed by atoms with Crippen molar-refractivity contribution in [3.05, 3.63) is 498 Å². The largest absolute Gasteiger partial charge is 0.354 e. The van der Waals surface area contributed by atoms with E-state index in [1.807, 2.05) is 18.5 Å². The number of benzene rings is 24. The highest BCUT2D eigenvalue weighted by atomic mass is 15.0. The Labute approximate surface area is 815 Å². The van der Waals surface area contributed by atoms with Gasteiger partial charge >= 0.3 is 0 Å². The first-order valence-corrected chi connectivity index (χ1v) is 48.9. The van der Waals surface area contributed by atoms with Crippen molar-refractivity contribution in [1.82, 2.24) is 33.6 Å². The third-order valence-electron chi connectivity index (χ3n) is 30.0. The predicted octanol–water partition coefficient (Wildman–Crippen LogP) is 36.7. The Morgan fingerprint density at radius 1 is 0.155 bits per heavy atom. The topological polar surface area (TPSA) is 75.0 Å². The van der Waals surface area contributed by atoms with Crippen LogP contribution in [0.5, 0.6) is 0 Å². The van der Waals surface area contributed by atoms with Gasteiger partial charge in [-0.25, -0.2) is 0 Å². The zero-order valence-electron chi connectivity index (χ0n) is 77.1. The summed E-state index contributed by atoms with van der Waals surface area (Å²) in [5, 5.41) is 32.6. The Morgan fingerprint density at radius 3 is 0.810 bits per heavy atom. The number of para-hydroxylation sites is 7. The van der Waals surface area contributed by atoms with Gasteiger partial charge in [-0.3, -0.25) is 4.98 Å². The number of nitrogens with one attached hydrogen (secondary N) is 3. The smallest absolute Gasteiger partial charge is 0.0645 e. The van der Waals surface area contributed by atoms with E-state index >= 15 is 0 Å². The summed E-state index contributed by atoms with van der Waals surface area (Å²) in [5.41, 5.74) is 32.7. The number of rotatable bonds is 9. The molecule has 0 fully saturated rings. The van der Waals surface area contributed by atoms with Crippen molar-refractivity contribution < 1.29 is 0 Å². The van der Waals surface area contributed by atoms with E-state index in [4.69, 9.17) is 0 Å². The van der Waals surface area contributed by atoms with Crippen molar-refractivity contribution in [2.45, 2.75) is 0 Å². The molecule has 0 saturated heterocycles. The van der Waals surface area contributed by atoms with Crippen LogP contribution >= 0.6 is 0 Å². The summed E-state index contributed by atoms with van der Waals surface area (Å²) in [6, 6.07) is 177. The van der Waals surface area contributed by atoms with E-state index in [9.17, 15) is 0 Å². The van der Waals surface area contributed by atoms with E-state index < -0.39 is 0 Å². The van der Waals surface area contributed by atoms with Crippen LogP contribution in [0.3, 0.4) is 0 Å². The van der Waals surface area contributed by atoms with E-state index in [1.54, 1.807) is 0 Å². The van der Waals surface area contributed by atoms with Crippen LogP contribution in [-0.2, 0) is 0 Å². The second kappa shape index (κ2) is 32.4. The first-order valence-electron chi connectivity index (χ1n) is 48.9. The average molecular weight is 1810 g/mol. The Kier molecular flexibility index (Phi) is 18.3. The van der Waals surface area contributed by atoms with Gasteiger partial charge in [-0.1, -0.05) is 364 Å². The lowest BCUT2D eigenvalue weighted by Gasteiger charge is -2.15. The maximum absolute atomic E-state index is 4.46. The minimum atomic E-state index is 1.07. The maximum atomic E-state index is 4.46. The van der Waals surface area contributed by atoms with Gasteiger partial charge in [0.2, 0.25) is 0 Å². The molecule has 0 atom stereocenters. The molecule has 7 heterocycles. The van der Waals surface area contributed by atoms with Crippen LogP contribution in [0.4, 0.5) is 0 Å². The van der Waals surface area contributed by atoms with Crippen LogP contribution in [0.1, 0.15) is 0 Å². The standard InChI is InChI=1S/C48H30N2.C44H28N2.C43H27N3/c1-2-12-34(13-3-1)50-46-21-11-9-17-38(46)44-29-42(36-15-5-7-19-40(36)48(44)50)33-25-23-30-26-32(24-22-31(30)27-33)41-28-43-37-16-8-10-20-45(37)49-47(43)39-18-6-4-14-35(39)41;1-2-12-28(13-3-1)29-22-24-30(25-23-29)46-42-21-11-9-17-34(42)40-27-38(32-15-5-7-19-36(32)44(40)46)37-26-39-33-16-8-10-20-41(33)45-43(39)35-18-6-4-14-31(35)37;1-3-15-34-30(11-1)36(24-38-32-13-5-7-17-40(32)45-42(34)38)27-19-21-28(22-20-27)37-25-39-33-14-6-8-18-41(33)46(29-10-9-23-44-26-29)43(39)35-16-4-2-12-31(35)37/h1-29,49H;1-27,45H;1-26,45H. The summed E-state index contributed by atoms with van der Waals surface area (Å²) >= 11 is 0. The maximum Gasteiger partial charge on any atom is 0.0645 e. The normalized spacial score (nSPS) is 11.9. The molecule has 0 unspecified atom stereocenters. The number of aromatic nitrogens is 7. The van der Waals surface area contributed by atoms with Gasteiger partial charge in [0, 0.05) is 131 Å². The van der Waals surface area contributed by atoms with Gasteiger partial charge in [-0.2, -0.15) is 0 Å². The monoisotopic (exact) mass is 1800 g/mol. The average Bonchev–Trinajstić information content (AvgIpc) is 1.57. The zero-order valence-corrected chi connectivity index (χ0v) is 77.1. The summed E-state index contributed by atoms with van der Waals surface area (Å²) in [7, 11) is 0. The summed E-state index contributed by atoms with van der Waals surface area (Å²) in [6.45, 7) is 0. The molecular weight excluding hydrogens is 1720 g/mol. The Morgan fingerprint density at radius 2 is 0.415 bits per heavy atom. The molecule has 3 N–H and O–H groups in total. The molecule has 0 spiro atoms. The number of hydrogen-bond donors (Lipinski definition) is 3. The highest BCUT2D eigenvalue weighted by Gasteiger charge is 2.26. The van der Waals surface area contributed by atoms with Crippen LogP contribution in [-0.4, -0.2) is 33.6 Å². The molecule has 0 aliphatic carbocycles. The third kappa shape index (κ3) is 12.7. The minimum absolute atomic E-state index is 1.07. The highest BCUT2D eigenvalue weighted by molar-refractivity contribution is 6.30. The molecule has 0 bridgehead atoms. The number of aromatic amines is 3. The molecule has 7 heteroatoms. The first-order chi connectivity index (χ1) is 70.5. The van der Waals surface area contributed by atoms with Gasteiger partial charge in [0.15, 0.2) is 0 Å². The fourth-order valence-corrected chi connectivity index (χ4v) is 23.6. The van der Waals surface area contributed by atoms with Crippen molar-refractivity contribution in [3.8, 4) is 83.8 Å². The Hall–Kier alpha value is -19.0. The van der Waals surface area contributed by atoms with Gasteiger partial charge in [0.25, 0.3) is 0 Å². The molecule has 31 rings (SSSR count). The quantitative estimate of drug-likeness (QED) is 0.132. The van der Waals surface area contributed by atoms with Gasteiger partial charge in [-0.15, -0.1) is 0 Å². The molecular formula is C135H85N7. The lowest BCUT2D eigenvalue weighted by atomic mass is 9.90. The van der Waals surface area contributed by atoms with E-state index in [0.717, 1.165) is 11.4 Å². The minimum Gasteiger partial charge on any atom is -0.354 e. The van der Waals surface area contributed by atoms with Gasteiger partial charge in [0.05, 0.1) is 61.5 Å². The molecule has 7 nitrogen and oxygen atoms in total. The molecule has 0 aliphatic heterocycles. The lowest BCUT2D eigenvalue weighted by Crippen LogP contribution is -1.95. The SMILES string of the molecule is c1ccc(-c2ccc(-n3c4ccccc4c4cc(-c5cc6c7ccccc7[nH]c6c6ccccc56)c5ccccc5c43)cc2)cc1.c1ccc(-n2c3ccccc3c3cc(-c4ccc5cc(-c6cc7c8ccccc8[nH]c7c7ccccc67)ccc5c4)c4ccccc4c32)cc1.c1cncc(-n2c3ccccc3c3cc(-c4ccc(-c5cc6c7ccccc7[nH]c6c6ccccc56)cc4)c4ccccc4c32)c1. The predicted molar refractivity (Wildman–Crippen MR) is 603 cm³/mol. The molecule has 7 aromatic heterocycles. The van der Waals surface area contributed by atoms with Crippen LogP contribution in [0.2, 0.25) is 0 Å². The number of hydrogen-bond acceptors (Lipinski definition) is 1. The van der Waals surface area contributed by atoms with Gasteiger partial charge in [-0.05, 0) is 231 Å². The summed E-state index contributed by atoms with van der Waals surface area (Å²) in [4.78, 5) is 15.6. The van der Waals surface area contributed by atoms with Crippen LogP contribution in [0.15, 0.2) is 498 Å². The second-order valence-corrected chi connectivity index (χ2v) is 37.7. The summed E-state index contributed by atoms with van der Waals surface area (Å²) < 4.78 is 7.24. The van der Waals surface area contributed by atoms with Gasteiger partial charge < -0.3 is 28.7 Å². The number of pyridine rings is 1. The van der Waals surface area contributed by atoms with Crippen molar-refractivity contribution in [2.24, 2.45) is 0 Å². The Bertz CT molecular complexity index is 10600. The Balaban J connectivity index is 0.000000102. The molecule has 24 aromatic carbocycles. The zero-order chi connectivity index (χ0) is 93.1. The first kappa shape index (κ1) is 80.3. The van der Waals surface area contributed by atoms with Gasteiger partial charge in [0.1, 0.15) is 0 Å². The number of fused-ring (bicyclic) bond motifs is 31. The molecule has 0 amide bonds. The molecule has 142 heavy (non-hydrogen) atoms. The molecule has 31 aromatic rings. The van der Waals surface area contributed by atoms with Crippen LogP contribution in [0.25, 0.3) is 290 Å². The van der Waals surface area contributed by atoms with E-state index in [2.05, 4.69) is 513 Å². The van der Waals surface area contributed by atoms with Crippen LogP contribution in [0, 0.1) is 0 Å².